The minimum Gasteiger partial charge on any atom is -0.372 e. The van der Waals surface area contributed by atoms with Gasteiger partial charge in [-0.2, -0.15) is 0 Å². The summed E-state index contributed by atoms with van der Waals surface area (Å²) in [7, 11) is 1.49. The average Bonchev–Trinajstić information content (AvgIpc) is 2.36. The van der Waals surface area contributed by atoms with E-state index in [4.69, 9.17) is 4.74 Å². The van der Waals surface area contributed by atoms with Crippen LogP contribution in [-0.2, 0) is 20.9 Å². The molecule has 0 aliphatic carbocycles. The molecule has 0 bridgehead atoms. The maximum atomic E-state index is 11.5. The van der Waals surface area contributed by atoms with Crippen molar-refractivity contribution in [1.82, 2.24) is 5.32 Å². The number of nitrogens with one attached hydrogen (secondary N) is 2. The van der Waals surface area contributed by atoms with Crippen molar-refractivity contribution in [1.29, 1.82) is 0 Å². The van der Waals surface area contributed by atoms with Gasteiger partial charge in [-0.15, -0.1) is 0 Å². The molecule has 0 saturated heterocycles. The highest BCUT2D eigenvalue weighted by atomic mass is 16.5. The zero-order valence-electron chi connectivity index (χ0n) is 10.8. The number of rotatable bonds is 5. The fourth-order valence-electron chi connectivity index (χ4n) is 1.35. The standard InChI is InChI=1S/C13H18N2O3/c1-9(18-3)13(17)14-8-11-4-6-12(7-5-11)15-10(2)16/h4-7,9H,8H2,1-3H3,(H,14,17)(H,15,16). The molecule has 1 aromatic rings. The molecule has 0 saturated carbocycles. The van der Waals surface area contributed by atoms with Crippen LogP contribution in [0.3, 0.4) is 0 Å². The Bertz CT molecular complexity index is 415. The van der Waals surface area contributed by atoms with E-state index in [-0.39, 0.29) is 11.8 Å². The van der Waals surface area contributed by atoms with Crippen LogP contribution in [0.2, 0.25) is 0 Å². The minimum absolute atomic E-state index is 0.107. The Balaban J connectivity index is 2.49. The van der Waals surface area contributed by atoms with Crippen LogP contribution in [0.25, 0.3) is 0 Å². The second-order valence-corrected chi connectivity index (χ2v) is 3.97. The molecule has 1 rings (SSSR count). The number of hydrogen-bond acceptors (Lipinski definition) is 3. The summed E-state index contributed by atoms with van der Waals surface area (Å²) in [5.74, 6) is -0.256. The second kappa shape index (κ2) is 6.76. The number of carbonyl (C=O) groups excluding carboxylic acids is 2. The highest BCUT2D eigenvalue weighted by molar-refractivity contribution is 5.88. The second-order valence-electron chi connectivity index (χ2n) is 3.97. The molecule has 2 amide bonds. The first-order chi connectivity index (χ1) is 8.52. The van der Waals surface area contributed by atoms with Crippen molar-refractivity contribution in [2.45, 2.75) is 26.5 Å². The third kappa shape index (κ3) is 4.55. The van der Waals surface area contributed by atoms with Crippen molar-refractivity contribution < 1.29 is 14.3 Å². The molecule has 5 heteroatoms. The molecule has 1 unspecified atom stereocenters. The number of ether oxygens (including phenoxy) is 1. The molecule has 0 heterocycles. The van der Waals surface area contributed by atoms with Gasteiger partial charge in [0.2, 0.25) is 11.8 Å². The Hall–Kier alpha value is -1.88. The third-order valence-corrected chi connectivity index (χ3v) is 2.46. The fraction of sp³-hybridized carbons (Fsp3) is 0.385. The first kappa shape index (κ1) is 14.2. The van der Waals surface area contributed by atoms with Crippen LogP contribution in [-0.4, -0.2) is 25.0 Å². The van der Waals surface area contributed by atoms with Gasteiger partial charge >= 0.3 is 0 Å². The minimum atomic E-state index is -0.455. The number of anilines is 1. The van der Waals surface area contributed by atoms with Gasteiger partial charge in [-0.05, 0) is 24.6 Å². The van der Waals surface area contributed by atoms with E-state index in [1.807, 2.05) is 12.1 Å². The maximum absolute atomic E-state index is 11.5. The van der Waals surface area contributed by atoms with Gasteiger partial charge in [0.25, 0.3) is 0 Å². The number of amides is 2. The monoisotopic (exact) mass is 250 g/mol. The summed E-state index contributed by atoms with van der Waals surface area (Å²) in [5, 5.41) is 5.44. The number of methoxy groups -OCH3 is 1. The zero-order valence-corrected chi connectivity index (χ0v) is 10.8. The Morgan fingerprint density at radius 2 is 1.89 bits per heavy atom. The summed E-state index contributed by atoms with van der Waals surface area (Å²) in [6.07, 6.45) is -0.455. The van der Waals surface area contributed by atoms with Gasteiger partial charge in [0.05, 0.1) is 0 Å². The van der Waals surface area contributed by atoms with E-state index in [1.165, 1.54) is 14.0 Å². The zero-order chi connectivity index (χ0) is 13.5. The highest BCUT2D eigenvalue weighted by Gasteiger charge is 2.10. The molecule has 2 N–H and O–H groups in total. The van der Waals surface area contributed by atoms with Gasteiger partial charge in [-0.25, -0.2) is 0 Å². The SMILES string of the molecule is COC(C)C(=O)NCc1ccc(NC(C)=O)cc1. The maximum Gasteiger partial charge on any atom is 0.249 e. The normalized spacial score (nSPS) is 11.7. The molecule has 5 nitrogen and oxygen atoms in total. The molecular weight excluding hydrogens is 232 g/mol. The summed E-state index contributed by atoms with van der Waals surface area (Å²) < 4.78 is 4.90. The average molecular weight is 250 g/mol. The topological polar surface area (TPSA) is 67.4 Å². The summed E-state index contributed by atoms with van der Waals surface area (Å²) in [6.45, 7) is 3.59. The Morgan fingerprint density at radius 1 is 1.28 bits per heavy atom. The van der Waals surface area contributed by atoms with Gasteiger partial charge in [0.1, 0.15) is 6.10 Å². The smallest absolute Gasteiger partial charge is 0.249 e. The molecule has 0 aliphatic rings. The number of hydrogen-bond donors (Lipinski definition) is 2. The molecule has 1 atom stereocenters. The predicted molar refractivity (Wildman–Crippen MR) is 69.1 cm³/mol. The van der Waals surface area contributed by atoms with E-state index in [0.29, 0.717) is 6.54 Å². The lowest BCUT2D eigenvalue weighted by molar-refractivity contribution is -0.130. The van der Waals surface area contributed by atoms with Crippen LogP contribution in [0.5, 0.6) is 0 Å². The van der Waals surface area contributed by atoms with Crippen LogP contribution in [0.15, 0.2) is 24.3 Å². The molecule has 98 valence electrons. The molecule has 18 heavy (non-hydrogen) atoms. The predicted octanol–water partition coefficient (Wildman–Crippen LogP) is 1.30. The lowest BCUT2D eigenvalue weighted by Gasteiger charge is -2.10. The van der Waals surface area contributed by atoms with Gasteiger partial charge in [0, 0.05) is 26.3 Å². The fourth-order valence-corrected chi connectivity index (χ4v) is 1.35. The van der Waals surface area contributed by atoms with Crippen molar-refractivity contribution in [2.75, 3.05) is 12.4 Å². The van der Waals surface area contributed by atoms with Crippen LogP contribution >= 0.6 is 0 Å². The van der Waals surface area contributed by atoms with Gasteiger partial charge < -0.3 is 15.4 Å². The lowest BCUT2D eigenvalue weighted by atomic mass is 10.2. The third-order valence-electron chi connectivity index (χ3n) is 2.46. The van der Waals surface area contributed by atoms with Crippen molar-refractivity contribution >= 4 is 17.5 Å². The van der Waals surface area contributed by atoms with Crippen LogP contribution in [0.4, 0.5) is 5.69 Å². The summed E-state index contributed by atoms with van der Waals surface area (Å²) in [4.78, 5) is 22.3. The van der Waals surface area contributed by atoms with Crippen LogP contribution in [0.1, 0.15) is 19.4 Å². The summed E-state index contributed by atoms with van der Waals surface area (Å²) >= 11 is 0. The molecular formula is C13H18N2O3. The van der Waals surface area contributed by atoms with Gasteiger partial charge in [-0.3, -0.25) is 9.59 Å². The number of carbonyl (C=O) groups is 2. The lowest BCUT2D eigenvalue weighted by Crippen LogP contribution is -2.33. The largest absolute Gasteiger partial charge is 0.372 e. The van der Waals surface area contributed by atoms with Gasteiger partial charge in [-0.1, -0.05) is 12.1 Å². The van der Waals surface area contributed by atoms with E-state index in [0.717, 1.165) is 11.3 Å². The van der Waals surface area contributed by atoms with Crippen molar-refractivity contribution in [2.24, 2.45) is 0 Å². The van der Waals surface area contributed by atoms with E-state index in [2.05, 4.69) is 10.6 Å². The van der Waals surface area contributed by atoms with Crippen molar-refractivity contribution in [3.8, 4) is 0 Å². The summed E-state index contributed by atoms with van der Waals surface area (Å²) in [6, 6.07) is 7.29. The molecule has 0 radical (unpaired) electrons. The first-order valence-corrected chi connectivity index (χ1v) is 5.70. The Kier molecular flexibility index (Phi) is 5.32. The van der Waals surface area contributed by atoms with Gasteiger partial charge in [0.15, 0.2) is 0 Å². The quantitative estimate of drug-likeness (QED) is 0.827. The molecule has 0 fully saturated rings. The molecule has 0 spiro atoms. The van der Waals surface area contributed by atoms with Crippen LogP contribution < -0.4 is 10.6 Å². The highest BCUT2D eigenvalue weighted by Crippen LogP contribution is 2.09. The summed E-state index contributed by atoms with van der Waals surface area (Å²) in [5.41, 5.74) is 1.70. The van der Waals surface area contributed by atoms with Crippen LogP contribution in [0, 0.1) is 0 Å². The molecule has 0 aromatic heterocycles. The molecule has 1 aromatic carbocycles. The van der Waals surface area contributed by atoms with Crippen molar-refractivity contribution in [3.63, 3.8) is 0 Å². The van der Waals surface area contributed by atoms with E-state index >= 15 is 0 Å². The van der Waals surface area contributed by atoms with E-state index < -0.39 is 6.10 Å². The molecule has 0 aliphatic heterocycles. The first-order valence-electron chi connectivity index (χ1n) is 5.70. The Labute approximate surface area is 107 Å². The van der Waals surface area contributed by atoms with E-state index in [1.54, 1.807) is 19.1 Å². The Morgan fingerprint density at radius 3 is 2.39 bits per heavy atom. The van der Waals surface area contributed by atoms with Crippen molar-refractivity contribution in [3.05, 3.63) is 29.8 Å². The van der Waals surface area contributed by atoms with E-state index in [9.17, 15) is 9.59 Å². The number of benzene rings is 1.